The summed E-state index contributed by atoms with van der Waals surface area (Å²) in [6.45, 7) is 6.30. The number of nitrogens with zero attached hydrogens (tertiary/aromatic N) is 1. The topological polar surface area (TPSA) is 40.5 Å². The lowest BCUT2D eigenvalue weighted by atomic mass is 9.98. The highest BCUT2D eigenvalue weighted by molar-refractivity contribution is 5.89. The molecule has 0 radical (unpaired) electrons. The van der Waals surface area contributed by atoms with Crippen molar-refractivity contribution >= 4 is 11.7 Å². The molecule has 0 amide bonds. The summed E-state index contributed by atoms with van der Waals surface area (Å²) < 4.78 is 0. The Labute approximate surface area is 102 Å². The number of hydrogen-bond acceptors (Lipinski definition) is 2. The number of piperidine rings is 1. The van der Waals surface area contributed by atoms with Crippen molar-refractivity contribution in [3.63, 3.8) is 0 Å². The van der Waals surface area contributed by atoms with Gasteiger partial charge in [0.05, 0.1) is 5.56 Å². The lowest BCUT2D eigenvalue weighted by Gasteiger charge is -2.32. The number of benzene rings is 1. The van der Waals surface area contributed by atoms with Crippen LogP contribution in [-0.2, 0) is 0 Å². The molecule has 0 aromatic heterocycles. The molecule has 3 nitrogen and oxygen atoms in total. The van der Waals surface area contributed by atoms with Crippen LogP contribution in [0.4, 0.5) is 5.69 Å². The fourth-order valence-corrected chi connectivity index (χ4v) is 2.35. The van der Waals surface area contributed by atoms with Crippen LogP contribution in [0.25, 0.3) is 0 Å². The van der Waals surface area contributed by atoms with Crippen LogP contribution in [0.3, 0.4) is 0 Å². The molecular formula is C14H19NO2. The third-order valence-corrected chi connectivity index (χ3v) is 3.59. The van der Waals surface area contributed by atoms with Gasteiger partial charge >= 0.3 is 5.97 Å². The summed E-state index contributed by atoms with van der Waals surface area (Å²) >= 11 is 0. The molecule has 0 bridgehead atoms. The molecule has 1 aliphatic heterocycles. The quantitative estimate of drug-likeness (QED) is 0.853. The lowest BCUT2D eigenvalue weighted by Crippen LogP contribution is -2.32. The Bertz CT molecular complexity index is 420. The zero-order valence-corrected chi connectivity index (χ0v) is 10.4. The number of carboxylic acids is 1. The van der Waals surface area contributed by atoms with Crippen LogP contribution in [0.15, 0.2) is 18.2 Å². The van der Waals surface area contributed by atoms with Gasteiger partial charge < -0.3 is 10.0 Å². The number of anilines is 1. The Morgan fingerprint density at radius 2 is 2.00 bits per heavy atom. The Morgan fingerprint density at radius 1 is 1.35 bits per heavy atom. The van der Waals surface area contributed by atoms with Gasteiger partial charge in [0.1, 0.15) is 0 Å². The Morgan fingerprint density at radius 3 is 2.53 bits per heavy atom. The van der Waals surface area contributed by atoms with Gasteiger partial charge in [-0.15, -0.1) is 0 Å². The maximum atomic E-state index is 10.9. The second-order valence-corrected chi connectivity index (χ2v) is 4.97. The number of hydrogen-bond donors (Lipinski definition) is 1. The van der Waals surface area contributed by atoms with E-state index in [4.69, 9.17) is 5.11 Å². The SMILES string of the molecule is Cc1cc(N2CCC(C)CC2)ccc1C(=O)O. The molecule has 1 fully saturated rings. The van der Waals surface area contributed by atoms with E-state index in [-0.39, 0.29) is 0 Å². The summed E-state index contributed by atoms with van der Waals surface area (Å²) in [5.74, 6) is -0.0352. The van der Waals surface area contributed by atoms with Crippen molar-refractivity contribution in [2.24, 2.45) is 5.92 Å². The average molecular weight is 233 g/mol. The number of carbonyl (C=O) groups is 1. The maximum Gasteiger partial charge on any atom is 0.335 e. The molecule has 1 aliphatic rings. The summed E-state index contributed by atoms with van der Waals surface area (Å²) in [6, 6.07) is 5.62. The molecule has 92 valence electrons. The van der Waals surface area contributed by atoms with E-state index in [0.29, 0.717) is 5.56 Å². The summed E-state index contributed by atoms with van der Waals surface area (Å²) in [5.41, 5.74) is 2.40. The molecule has 1 aromatic carbocycles. The third-order valence-electron chi connectivity index (χ3n) is 3.59. The molecule has 0 spiro atoms. The minimum absolute atomic E-state index is 0.402. The van der Waals surface area contributed by atoms with Crippen LogP contribution in [0.5, 0.6) is 0 Å². The first-order valence-corrected chi connectivity index (χ1v) is 6.17. The van der Waals surface area contributed by atoms with Crippen LogP contribution < -0.4 is 4.90 Å². The highest BCUT2D eigenvalue weighted by atomic mass is 16.4. The molecule has 3 heteroatoms. The van der Waals surface area contributed by atoms with E-state index in [1.54, 1.807) is 6.07 Å². The van der Waals surface area contributed by atoms with E-state index in [0.717, 1.165) is 30.3 Å². The minimum Gasteiger partial charge on any atom is -0.478 e. The standard InChI is InChI=1S/C14H19NO2/c1-10-5-7-15(8-6-10)12-3-4-13(14(16)17)11(2)9-12/h3-4,9-10H,5-8H2,1-2H3,(H,16,17). The largest absolute Gasteiger partial charge is 0.478 e. The Hall–Kier alpha value is -1.51. The second kappa shape index (κ2) is 4.78. The highest BCUT2D eigenvalue weighted by Gasteiger charge is 2.17. The van der Waals surface area contributed by atoms with Crippen LogP contribution in [0.1, 0.15) is 35.7 Å². The van der Waals surface area contributed by atoms with Crippen LogP contribution in [0, 0.1) is 12.8 Å². The lowest BCUT2D eigenvalue weighted by molar-refractivity contribution is 0.0696. The predicted molar refractivity (Wildman–Crippen MR) is 68.7 cm³/mol. The molecule has 0 unspecified atom stereocenters. The van der Waals surface area contributed by atoms with E-state index >= 15 is 0 Å². The van der Waals surface area contributed by atoms with Gasteiger partial charge in [0.15, 0.2) is 0 Å². The smallest absolute Gasteiger partial charge is 0.335 e. The maximum absolute atomic E-state index is 10.9. The van der Waals surface area contributed by atoms with Gasteiger partial charge in [-0.1, -0.05) is 6.92 Å². The van der Waals surface area contributed by atoms with Crippen LogP contribution in [-0.4, -0.2) is 24.2 Å². The third kappa shape index (κ3) is 2.60. The molecule has 2 rings (SSSR count). The van der Waals surface area contributed by atoms with E-state index in [2.05, 4.69) is 11.8 Å². The average Bonchev–Trinajstić information content (AvgIpc) is 2.29. The summed E-state index contributed by atoms with van der Waals surface area (Å²) in [7, 11) is 0. The Balaban J connectivity index is 2.17. The molecule has 1 N–H and O–H groups in total. The van der Waals surface area contributed by atoms with Gasteiger partial charge in [-0.3, -0.25) is 0 Å². The number of rotatable bonds is 2. The molecule has 0 saturated carbocycles. The van der Waals surface area contributed by atoms with Gasteiger partial charge in [0, 0.05) is 18.8 Å². The van der Waals surface area contributed by atoms with Crippen molar-refractivity contribution in [1.29, 1.82) is 0 Å². The zero-order chi connectivity index (χ0) is 12.4. The summed E-state index contributed by atoms with van der Waals surface area (Å²) in [4.78, 5) is 13.3. The van der Waals surface area contributed by atoms with Crippen molar-refractivity contribution in [1.82, 2.24) is 0 Å². The van der Waals surface area contributed by atoms with Gasteiger partial charge in [-0.25, -0.2) is 4.79 Å². The second-order valence-electron chi connectivity index (χ2n) is 4.97. The molecule has 1 saturated heterocycles. The number of aryl methyl sites for hydroxylation is 1. The molecule has 0 aliphatic carbocycles. The fraction of sp³-hybridized carbons (Fsp3) is 0.500. The zero-order valence-electron chi connectivity index (χ0n) is 10.4. The van der Waals surface area contributed by atoms with Crippen molar-refractivity contribution in [3.8, 4) is 0 Å². The Kier molecular flexibility index (Phi) is 3.36. The van der Waals surface area contributed by atoms with Crippen LogP contribution in [0.2, 0.25) is 0 Å². The molecular weight excluding hydrogens is 214 g/mol. The van der Waals surface area contributed by atoms with E-state index in [9.17, 15) is 4.79 Å². The van der Waals surface area contributed by atoms with Gasteiger partial charge in [0.25, 0.3) is 0 Å². The monoisotopic (exact) mass is 233 g/mol. The highest BCUT2D eigenvalue weighted by Crippen LogP contribution is 2.24. The van der Waals surface area contributed by atoms with Gasteiger partial charge in [-0.2, -0.15) is 0 Å². The fourth-order valence-electron chi connectivity index (χ4n) is 2.35. The summed E-state index contributed by atoms with van der Waals surface area (Å²) in [5, 5.41) is 8.99. The van der Waals surface area contributed by atoms with Crippen molar-refractivity contribution < 1.29 is 9.90 Å². The van der Waals surface area contributed by atoms with Crippen molar-refractivity contribution in [3.05, 3.63) is 29.3 Å². The first kappa shape index (κ1) is 12.0. The normalized spacial score (nSPS) is 17.2. The number of carboxylic acid groups (broad SMARTS) is 1. The van der Waals surface area contributed by atoms with E-state index in [1.807, 2.05) is 19.1 Å². The van der Waals surface area contributed by atoms with Crippen LogP contribution >= 0.6 is 0 Å². The van der Waals surface area contributed by atoms with Gasteiger partial charge in [0.2, 0.25) is 0 Å². The molecule has 17 heavy (non-hydrogen) atoms. The first-order valence-electron chi connectivity index (χ1n) is 6.17. The van der Waals surface area contributed by atoms with E-state index < -0.39 is 5.97 Å². The molecule has 0 atom stereocenters. The first-order chi connectivity index (χ1) is 8.08. The van der Waals surface area contributed by atoms with Crippen molar-refractivity contribution in [2.45, 2.75) is 26.7 Å². The summed E-state index contributed by atoms with van der Waals surface area (Å²) in [6.07, 6.45) is 2.44. The van der Waals surface area contributed by atoms with Crippen molar-refractivity contribution in [2.75, 3.05) is 18.0 Å². The van der Waals surface area contributed by atoms with Gasteiger partial charge in [-0.05, 0) is 49.4 Å². The molecule has 1 heterocycles. The minimum atomic E-state index is -0.846. The molecule has 1 aromatic rings. The number of aromatic carboxylic acids is 1. The predicted octanol–water partition coefficient (Wildman–Crippen LogP) is 2.93. The van der Waals surface area contributed by atoms with E-state index in [1.165, 1.54) is 12.8 Å².